The molecule has 2 rings (SSSR count). The minimum atomic E-state index is -0.0412. The molecule has 0 spiro atoms. The van der Waals surface area contributed by atoms with E-state index in [0.717, 1.165) is 0 Å². The van der Waals surface area contributed by atoms with Crippen LogP contribution in [0.15, 0.2) is 48.5 Å². The summed E-state index contributed by atoms with van der Waals surface area (Å²) >= 11 is 0. The summed E-state index contributed by atoms with van der Waals surface area (Å²) in [4.78, 5) is 12.4. The second kappa shape index (κ2) is 6.05. The lowest BCUT2D eigenvalue weighted by molar-refractivity contribution is 0.103. The maximum atomic E-state index is 12.4. The average molecular weight is 256 g/mol. The van der Waals surface area contributed by atoms with Crippen molar-refractivity contribution < 1.29 is 14.3 Å². The summed E-state index contributed by atoms with van der Waals surface area (Å²) in [5.74, 6) is 1.21. The Kier molecular flexibility index (Phi) is 4.18. The molecule has 0 heterocycles. The third-order valence-electron chi connectivity index (χ3n) is 2.72. The molecule has 0 aliphatic carbocycles. The van der Waals surface area contributed by atoms with E-state index in [1.807, 2.05) is 25.1 Å². The quantitative estimate of drug-likeness (QED) is 0.770. The van der Waals surface area contributed by atoms with Crippen molar-refractivity contribution in [3.05, 3.63) is 59.7 Å². The predicted octanol–water partition coefficient (Wildman–Crippen LogP) is 3.32. The van der Waals surface area contributed by atoms with Gasteiger partial charge in [0.05, 0.1) is 13.7 Å². The maximum absolute atomic E-state index is 12.4. The molecule has 0 saturated heterocycles. The van der Waals surface area contributed by atoms with E-state index in [2.05, 4.69) is 0 Å². The Hall–Kier alpha value is -2.29. The van der Waals surface area contributed by atoms with Crippen molar-refractivity contribution in [1.82, 2.24) is 0 Å². The number of ketones is 1. The molecule has 0 N–H and O–H groups in total. The smallest absolute Gasteiger partial charge is 0.193 e. The number of carbonyl (C=O) groups is 1. The van der Waals surface area contributed by atoms with Crippen LogP contribution < -0.4 is 9.47 Å². The van der Waals surface area contributed by atoms with Gasteiger partial charge in [0.2, 0.25) is 0 Å². The summed E-state index contributed by atoms with van der Waals surface area (Å²) in [6.45, 7) is 2.45. The van der Waals surface area contributed by atoms with E-state index >= 15 is 0 Å². The van der Waals surface area contributed by atoms with E-state index in [1.54, 1.807) is 37.4 Å². The second-order valence-electron chi connectivity index (χ2n) is 4.03. The van der Waals surface area contributed by atoms with Crippen LogP contribution >= 0.6 is 0 Å². The summed E-state index contributed by atoms with van der Waals surface area (Å²) in [6, 6.07) is 14.4. The average Bonchev–Trinajstić information content (AvgIpc) is 2.47. The summed E-state index contributed by atoms with van der Waals surface area (Å²) in [6.07, 6.45) is 0. The van der Waals surface area contributed by atoms with Crippen LogP contribution in [0.4, 0.5) is 0 Å². The molecule has 0 atom stereocenters. The number of ether oxygens (including phenoxy) is 2. The first-order valence-electron chi connectivity index (χ1n) is 6.16. The lowest BCUT2D eigenvalue weighted by Crippen LogP contribution is -2.03. The van der Waals surface area contributed by atoms with Gasteiger partial charge in [-0.25, -0.2) is 0 Å². The Morgan fingerprint density at radius 2 is 1.68 bits per heavy atom. The zero-order valence-corrected chi connectivity index (χ0v) is 11.1. The fraction of sp³-hybridized carbons (Fsp3) is 0.188. The second-order valence-corrected chi connectivity index (χ2v) is 4.03. The van der Waals surface area contributed by atoms with E-state index < -0.39 is 0 Å². The fourth-order valence-electron chi connectivity index (χ4n) is 1.83. The van der Waals surface area contributed by atoms with E-state index in [4.69, 9.17) is 9.47 Å². The first kappa shape index (κ1) is 13.1. The minimum Gasteiger partial charge on any atom is -0.497 e. The number of hydrogen-bond donors (Lipinski definition) is 0. The lowest BCUT2D eigenvalue weighted by Gasteiger charge is -2.09. The van der Waals surface area contributed by atoms with Gasteiger partial charge in [-0.15, -0.1) is 0 Å². The highest BCUT2D eigenvalue weighted by molar-refractivity contribution is 6.09. The van der Waals surface area contributed by atoms with Gasteiger partial charge in [0.1, 0.15) is 11.5 Å². The molecule has 19 heavy (non-hydrogen) atoms. The van der Waals surface area contributed by atoms with E-state index in [0.29, 0.717) is 29.2 Å². The Balaban J connectivity index is 2.38. The van der Waals surface area contributed by atoms with Crippen molar-refractivity contribution in [2.24, 2.45) is 0 Å². The number of carbonyl (C=O) groups excluding carboxylic acids is 1. The normalized spacial score (nSPS) is 10.0. The number of rotatable bonds is 5. The van der Waals surface area contributed by atoms with E-state index in [-0.39, 0.29) is 5.78 Å². The van der Waals surface area contributed by atoms with Gasteiger partial charge in [0.25, 0.3) is 0 Å². The monoisotopic (exact) mass is 256 g/mol. The summed E-state index contributed by atoms with van der Waals surface area (Å²) in [7, 11) is 1.57. The fourth-order valence-corrected chi connectivity index (χ4v) is 1.83. The molecule has 0 bridgehead atoms. The number of benzene rings is 2. The SMILES string of the molecule is CCOc1cc(OC)cc(C(=O)c2ccccc2)c1. The summed E-state index contributed by atoms with van der Waals surface area (Å²) < 4.78 is 10.6. The minimum absolute atomic E-state index is 0.0412. The van der Waals surface area contributed by atoms with Crippen LogP contribution in [0, 0.1) is 0 Å². The Bertz CT molecular complexity index is 561. The van der Waals surface area contributed by atoms with Crippen LogP contribution in [0.25, 0.3) is 0 Å². The number of methoxy groups -OCH3 is 1. The first-order valence-corrected chi connectivity index (χ1v) is 6.16. The molecule has 0 aliphatic rings. The highest BCUT2D eigenvalue weighted by Crippen LogP contribution is 2.24. The molecule has 3 heteroatoms. The van der Waals surface area contributed by atoms with Crippen molar-refractivity contribution in [2.45, 2.75) is 6.92 Å². The zero-order chi connectivity index (χ0) is 13.7. The van der Waals surface area contributed by atoms with Crippen molar-refractivity contribution in [2.75, 3.05) is 13.7 Å². The van der Waals surface area contributed by atoms with Gasteiger partial charge in [-0.1, -0.05) is 30.3 Å². The topological polar surface area (TPSA) is 35.5 Å². The molecule has 0 unspecified atom stereocenters. The molecule has 98 valence electrons. The Morgan fingerprint density at radius 1 is 1.00 bits per heavy atom. The molecule has 0 fully saturated rings. The lowest BCUT2D eigenvalue weighted by atomic mass is 10.0. The molecular weight excluding hydrogens is 240 g/mol. The third-order valence-corrected chi connectivity index (χ3v) is 2.72. The van der Waals surface area contributed by atoms with Gasteiger partial charge in [-0.2, -0.15) is 0 Å². The van der Waals surface area contributed by atoms with Crippen LogP contribution in [0.1, 0.15) is 22.8 Å². The maximum Gasteiger partial charge on any atom is 0.193 e. The van der Waals surface area contributed by atoms with Crippen LogP contribution in [-0.4, -0.2) is 19.5 Å². The first-order chi connectivity index (χ1) is 9.24. The van der Waals surface area contributed by atoms with Crippen molar-refractivity contribution in [1.29, 1.82) is 0 Å². The van der Waals surface area contributed by atoms with Crippen LogP contribution in [-0.2, 0) is 0 Å². The molecular formula is C16H16O3. The van der Waals surface area contributed by atoms with Crippen LogP contribution in [0.2, 0.25) is 0 Å². The Labute approximate surface area is 112 Å². The van der Waals surface area contributed by atoms with Crippen molar-refractivity contribution in [3.63, 3.8) is 0 Å². The van der Waals surface area contributed by atoms with Crippen molar-refractivity contribution in [3.8, 4) is 11.5 Å². The molecule has 0 aromatic heterocycles. The molecule has 0 aliphatic heterocycles. The number of hydrogen-bond acceptors (Lipinski definition) is 3. The molecule has 0 amide bonds. The highest BCUT2D eigenvalue weighted by atomic mass is 16.5. The Morgan fingerprint density at radius 3 is 2.32 bits per heavy atom. The highest BCUT2D eigenvalue weighted by Gasteiger charge is 2.11. The van der Waals surface area contributed by atoms with Gasteiger partial charge in [-0.3, -0.25) is 4.79 Å². The zero-order valence-electron chi connectivity index (χ0n) is 11.1. The third kappa shape index (κ3) is 3.13. The summed E-state index contributed by atoms with van der Waals surface area (Å²) in [5.41, 5.74) is 1.22. The van der Waals surface area contributed by atoms with Crippen LogP contribution in [0.3, 0.4) is 0 Å². The molecule has 0 saturated carbocycles. The van der Waals surface area contributed by atoms with E-state index in [1.165, 1.54) is 0 Å². The molecule has 0 radical (unpaired) electrons. The van der Waals surface area contributed by atoms with Gasteiger partial charge in [0.15, 0.2) is 5.78 Å². The van der Waals surface area contributed by atoms with Crippen molar-refractivity contribution >= 4 is 5.78 Å². The van der Waals surface area contributed by atoms with Crippen LogP contribution in [0.5, 0.6) is 11.5 Å². The molecule has 2 aromatic rings. The van der Waals surface area contributed by atoms with Gasteiger partial charge < -0.3 is 9.47 Å². The van der Waals surface area contributed by atoms with E-state index in [9.17, 15) is 4.79 Å². The summed E-state index contributed by atoms with van der Waals surface area (Å²) in [5, 5.41) is 0. The van der Waals surface area contributed by atoms with Gasteiger partial charge in [0, 0.05) is 17.2 Å². The standard InChI is InChI=1S/C16H16O3/c1-3-19-15-10-13(9-14(11-15)18-2)16(17)12-7-5-4-6-8-12/h4-11H,3H2,1-2H3. The molecule has 2 aromatic carbocycles. The largest absolute Gasteiger partial charge is 0.497 e. The predicted molar refractivity (Wildman–Crippen MR) is 74.0 cm³/mol. The van der Waals surface area contributed by atoms with Gasteiger partial charge >= 0.3 is 0 Å². The molecule has 3 nitrogen and oxygen atoms in total. The van der Waals surface area contributed by atoms with Gasteiger partial charge in [-0.05, 0) is 19.1 Å².